The fourth-order valence-electron chi connectivity index (χ4n) is 3.62. The highest BCUT2D eigenvalue weighted by Gasteiger charge is 2.28. The number of rotatable bonds is 1. The van der Waals surface area contributed by atoms with Crippen molar-refractivity contribution in [1.29, 1.82) is 0 Å². The van der Waals surface area contributed by atoms with E-state index in [1.807, 2.05) is 19.2 Å². The first kappa shape index (κ1) is 15.6. The van der Waals surface area contributed by atoms with E-state index in [4.69, 9.17) is 11.6 Å². The Hall–Kier alpha value is -1.32. The summed E-state index contributed by atoms with van der Waals surface area (Å²) in [4.78, 5) is 6.94. The number of amidine groups is 1. The average Bonchev–Trinajstić information content (AvgIpc) is 2.68. The van der Waals surface area contributed by atoms with Gasteiger partial charge in [0.05, 0.1) is 5.69 Å². The van der Waals surface area contributed by atoms with Crippen LogP contribution in [0, 0.1) is 5.92 Å². The van der Waals surface area contributed by atoms with E-state index in [1.54, 1.807) is 0 Å². The monoisotopic (exact) mass is 317 g/mol. The Morgan fingerprint density at radius 2 is 2.05 bits per heavy atom. The number of fused-ring (bicyclic) bond motifs is 1. The van der Waals surface area contributed by atoms with E-state index in [2.05, 4.69) is 27.9 Å². The van der Waals surface area contributed by atoms with E-state index in [-0.39, 0.29) is 0 Å². The second-order valence-electron chi connectivity index (χ2n) is 6.19. The molecule has 0 saturated heterocycles. The first-order valence-electron chi connectivity index (χ1n) is 8.14. The second-order valence-corrected chi connectivity index (χ2v) is 6.63. The maximum Gasteiger partial charge on any atom is 0.110 e. The first-order valence-corrected chi connectivity index (χ1v) is 8.52. The number of aliphatic imine (C=N–C) groups is 1. The van der Waals surface area contributed by atoms with Crippen molar-refractivity contribution >= 4 is 23.1 Å². The quantitative estimate of drug-likeness (QED) is 0.615. The highest BCUT2D eigenvalue weighted by molar-refractivity contribution is 6.30. The van der Waals surface area contributed by atoms with Gasteiger partial charge in [-0.3, -0.25) is 4.99 Å². The van der Waals surface area contributed by atoms with Gasteiger partial charge in [-0.1, -0.05) is 37.4 Å². The lowest BCUT2D eigenvalue weighted by molar-refractivity contribution is 0.436. The topological polar surface area (TPSA) is 27.6 Å². The van der Waals surface area contributed by atoms with E-state index >= 15 is 0 Å². The molecule has 1 aromatic carbocycles. The zero-order chi connectivity index (χ0) is 15.5. The number of hydrogen-bond donors (Lipinski definition) is 1. The molecule has 1 N–H and O–H groups in total. The van der Waals surface area contributed by atoms with Crippen molar-refractivity contribution in [2.45, 2.75) is 38.6 Å². The van der Waals surface area contributed by atoms with E-state index in [0.29, 0.717) is 5.92 Å². The summed E-state index contributed by atoms with van der Waals surface area (Å²) in [5.74, 6) is 1.70. The molecule has 0 aromatic heterocycles. The zero-order valence-corrected chi connectivity index (χ0v) is 14.0. The maximum atomic E-state index is 6.18. The Balaban J connectivity index is 2.01. The van der Waals surface area contributed by atoms with E-state index < -0.39 is 0 Å². The molecule has 0 bridgehead atoms. The zero-order valence-electron chi connectivity index (χ0n) is 13.2. The first-order chi connectivity index (χ1) is 10.7. The molecule has 1 fully saturated rings. The molecule has 1 aromatic rings. The van der Waals surface area contributed by atoms with Gasteiger partial charge in [-0.2, -0.15) is 0 Å². The van der Waals surface area contributed by atoms with Crippen LogP contribution >= 0.6 is 11.6 Å². The maximum absolute atomic E-state index is 6.18. The van der Waals surface area contributed by atoms with Gasteiger partial charge >= 0.3 is 0 Å². The molecular formula is C18H24ClN3. The number of benzene rings is 1. The molecule has 22 heavy (non-hydrogen) atoms. The van der Waals surface area contributed by atoms with Crippen molar-refractivity contribution in [3.63, 3.8) is 0 Å². The highest BCUT2D eigenvalue weighted by Crippen LogP contribution is 2.34. The van der Waals surface area contributed by atoms with Gasteiger partial charge < -0.3 is 10.2 Å². The number of nitrogens with one attached hydrogen (secondary N) is 1. The number of anilines is 1. The summed E-state index contributed by atoms with van der Waals surface area (Å²) in [7, 11) is 1.91. The van der Waals surface area contributed by atoms with Crippen LogP contribution < -0.4 is 10.2 Å². The van der Waals surface area contributed by atoms with Gasteiger partial charge in [0, 0.05) is 36.8 Å². The van der Waals surface area contributed by atoms with Crippen LogP contribution in [0.5, 0.6) is 0 Å². The molecule has 1 saturated carbocycles. The largest absolute Gasteiger partial charge is 0.307 e. The van der Waals surface area contributed by atoms with E-state index in [0.717, 1.165) is 29.6 Å². The Morgan fingerprint density at radius 3 is 2.77 bits per heavy atom. The lowest BCUT2D eigenvalue weighted by Gasteiger charge is -2.34. The van der Waals surface area contributed by atoms with Gasteiger partial charge in [0.2, 0.25) is 0 Å². The van der Waals surface area contributed by atoms with Crippen LogP contribution in [0.2, 0.25) is 5.02 Å². The van der Waals surface area contributed by atoms with E-state index in [9.17, 15) is 0 Å². The molecule has 0 amide bonds. The molecule has 0 radical (unpaired) electrons. The Kier molecular flexibility index (Phi) is 4.84. The van der Waals surface area contributed by atoms with Crippen LogP contribution in [-0.2, 0) is 6.54 Å². The van der Waals surface area contributed by atoms with Crippen LogP contribution in [0.15, 0.2) is 35.5 Å². The fourth-order valence-corrected chi connectivity index (χ4v) is 3.81. The van der Waals surface area contributed by atoms with E-state index in [1.165, 1.54) is 43.4 Å². The molecule has 1 aliphatic heterocycles. The molecule has 4 heteroatoms. The molecule has 0 atom stereocenters. The third kappa shape index (κ3) is 3.06. The minimum atomic E-state index is 0.539. The minimum absolute atomic E-state index is 0.539. The standard InChI is InChI=1S/C18H24ClN3/c1-13-11-21-12-15-10-16(19)8-9-17(15)22(13)18(20-2)14-6-4-3-5-7-14/h8-10,14,21H,1,3-7,11-12H2,2H3/b20-18-. The lowest BCUT2D eigenvalue weighted by atomic mass is 9.87. The van der Waals surface area contributed by atoms with Crippen molar-refractivity contribution in [2.24, 2.45) is 10.9 Å². The smallest absolute Gasteiger partial charge is 0.110 e. The Labute approximate surface area is 138 Å². The summed E-state index contributed by atoms with van der Waals surface area (Å²) < 4.78 is 0. The normalized spacial score (nSPS) is 20.7. The fraction of sp³-hybridized carbons (Fsp3) is 0.500. The summed E-state index contributed by atoms with van der Waals surface area (Å²) in [6.07, 6.45) is 6.41. The van der Waals surface area contributed by atoms with Gasteiger partial charge in [0.1, 0.15) is 5.84 Å². The average molecular weight is 318 g/mol. The van der Waals surface area contributed by atoms with Crippen LogP contribution in [-0.4, -0.2) is 19.4 Å². The predicted octanol–water partition coefficient (Wildman–Crippen LogP) is 4.37. The van der Waals surface area contributed by atoms with Crippen molar-refractivity contribution < 1.29 is 0 Å². The van der Waals surface area contributed by atoms with Crippen LogP contribution in [0.25, 0.3) is 0 Å². The van der Waals surface area contributed by atoms with Gasteiger partial charge in [-0.25, -0.2) is 0 Å². The third-order valence-electron chi connectivity index (χ3n) is 4.67. The van der Waals surface area contributed by atoms with Crippen LogP contribution in [0.1, 0.15) is 37.7 Å². The number of nitrogens with zero attached hydrogens (tertiary/aromatic N) is 2. The van der Waals surface area contributed by atoms with Crippen molar-refractivity contribution in [2.75, 3.05) is 18.5 Å². The molecule has 3 nitrogen and oxygen atoms in total. The number of halogens is 1. The highest BCUT2D eigenvalue weighted by atomic mass is 35.5. The molecular weight excluding hydrogens is 294 g/mol. The molecule has 0 spiro atoms. The molecule has 2 aliphatic rings. The molecule has 1 heterocycles. The molecule has 0 unspecified atom stereocenters. The summed E-state index contributed by atoms with van der Waals surface area (Å²) in [6.45, 7) is 5.88. The van der Waals surface area contributed by atoms with Crippen molar-refractivity contribution in [3.05, 3.63) is 41.1 Å². The molecule has 118 valence electrons. The van der Waals surface area contributed by atoms with Gasteiger partial charge in [-0.05, 0) is 36.6 Å². The second kappa shape index (κ2) is 6.84. The third-order valence-corrected chi connectivity index (χ3v) is 4.91. The lowest BCUT2D eigenvalue weighted by Crippen LogP contribution is -2.38. The molecule has 3 rings (SSSR count). The predicted molar refractivity (Wildman–Crippen MR) is 94.7 cm³/mol. The van der Waals surface area contributed by atoms with Crippen LogP contribution in [0.4, 0.5) is 5.69 Å². The summed E-state index contributed by atoms with van der Waals surface area (Å²) in [5.41, 5.74) is 3.45. The Morgan fingerprint density at radius 1 is 1.27 bits per heavy atom. The van der Waals surface area contributed by atoms with Gasteiger partial charge in [0.25, 0.3) is 0 Å². The minimum Gasteiger partial charge on any atom is -0.307 e. The van der Waals surface area contributed by atoms with Gasteiger partial charge in [0.15, 0.2) is 0 Å². The summed E-state index contributed by atoms with van der Waals surface area (Å²) in [5, 5.41) is 4.22. The van der Waals surface area contributed by atoms with Crippen LogP contribution in [0.3, 0.4) is 0 Å². The van der Waals surface area contributed by atoms with Crippen molar-refractivity contribution in [1.82, 2.24) is 5.32 Å². The summed E-state index contributed by atoms with van der Waals surface area (Å²) >= 11 is 6.18. The molecule has 1 aliphatic carbocycles. The SMILES string of the molecule is C=C1CNCc2cc(Cl)ccc2N1/C(=N\C)C1CCCCC1. The Bertz CT molecular complexity index is 588. The summed E-state index contributed by atoms with van der Waals surface area (Å²) in [6, 6.07) is 6.10. The number of hydrogen-bond acceptors (Lipinski definition) is 2. The van der Waals surface area contributed by atoms with Gasteiger partial charge in [-0.15, -0.1) is 0 Å². The van der Waals surface area contributed by atoms with Crippen molar-refractivity contribution in [3.8, 4) is 0 Å².